The van der Waals surface area contributed by atoms with Crippen molar-refractivity contribution >= 4 is 48.3 Å². The summed E-state index contributed by atoms with van der Waals surface area (Å²) < 4.78 is 24.9. The van der Waals surface area contributed by atoms with E-state index in [0.717, 1.165) is 66.0 Å². The van der Waals surface area contributed by atoms with Gasteiger partial charge in [-0.05, 0) is 143 Å². The largest absolute Gasteiger partial charge is 0.453 e. The summed E-state index contributed by atoms with van der Waals surface area (Å²) in [6.45, 7) is 22.1. The van der Waals surface area contributed by atoms with E-state index < -0.39 is 18.2 Å². The Hall–Kier alpha value is -6.20. The number of rotatable bonds is 12. The zero-order valence-corrected chi connectivity index (χ0v) is 49.2. The highest BCUT2D eigenvalue weighted by atomic mass is 19.1. The molecule has 1 saturated carbocycles. The SMILES string of the molecule is CC.CCC.CCC.COC.COC(=O)NC(C=O)C(C)C.C[C@@H]1CCCCN1C.Cc1cc(-c2c(F)cc(-c3ccc(/C(N)=C/N)cn3)c3c2CC2(CCCC2)C3)ccc1N=C(NC=O)[C@@H]1CCCN1C(=O)CNC=O. The second kappa shape index (κ2) is 37.6. The normalized spacial score (nSPS) is 17.4. The van der Waals surface area contributed by atoms with Crippen LogP contribution in [0.2, 0.25) is 0 Å². The molecule has 2 aromatic carbocycles. The zero-order valence-electron chi connectivity index (χ0n) is 49.2. The summed E-state index contributed by atoms with van der Waals surface area (Å²) in [5, 5.41) is 7.49. The molecule has 1 aromatic heterocycles. The standard InChI is InChI=1S/C36H40FN7O3.C7H13NO3.C7H15N.2C3H8.C2H6O.C2H6/c1-22-13-23(6-8-30(22)43-35(42-21-46)32-5-4-12-44(32)33(47)19-40-20-45)34-27-16-36(10-2-3-11-36)15-26(27)25(14-28(34)37)31-9-7-24(18-41-31)29(39)17-38;1-5(2)6(4-9)8-7(10)11-3;1-7-5-3-4-6-8(7)2;3*1-3-2;1-2/h6-9,13-14,17-18,20-21,32H,2-5,10-12,15-16,19,38-39H2,1H3,(H,40,45)(H,42,43,46);4-6H,1-3H3,(H,8,10);7H,3-6H2,1-2H3;2*3H2,1-2H3;1-2H3;1-2H3/b29-17-;;;;;;/t32-;;7-;;;;/m0.1..../s1. The summed E-state index contributed by atoms with van der Waals surface area (Å²) in [5.41, 5.74) is 19.3. The van der Waals surface area contributed by atoms with E-state index in [1.54, 1.807) is 31.4 Å². The van der Waals surface area contributed by atoms with E-state index in [1.165, 1.54) is 64.8 Å². The van der Waals surface area contributed by atoms with Gasteiger partial charge in [0.1, 0.15) is 17.9 Å². The highest BCUT2D eigenvalue weighted by molar-refractivity contribution is 5.99. The third-order valence-electron chi connectivity index (χ3n) is 13.4. The molecule has 3 aromatic rings. The number of carbonyl (C=O) groups excluding carboxylic acids is 5. The van der Waals surface area contributed by atoms with Gasteiger partial charge >= 0.3 is 6.09 Å². The number of hydrogen-bond donors (Lipinski definition) is 5. The lowest BCUT2D eigenvalue weighted by molar-refractivity contribution is -0.131. The number of alkyl carbamates (subject to hydrolysis) is 1. The van der Waals surface area contributed by atoms with Gasteiger partial charge in [-0.3, -0.25) is 19.4 Å². The van der Waals surface area contributed by atoms with Crippen LogP contribution in [0.25, 0.3) is 28.1 Å². The van der Waals surface area contributed by atoms with Crippen molar-refractivity contribution in [2.24, 2.45) is 27.8 Å². The third kappa shape index (κ3) is 21.6. The van der Waals surface area contributed by atoms with Crippen LogP contribution in [0.3, 0.4) is 0 Å². The van der Waals surface area contributed by atoms with Crippen molar-refractivity contribution in [3.8, 4) is 22.4 Å². The summed E-state index contributed by atoms with van der Waals surface area (Å²) in [7, 11) is 6.72. The average molecular weight is 1070 g/mol. The molecular formula is C60H96FN9O7. The van der Waals surface area contributed by atoms with Crippen molar-refractivity contribution < 1.29 is 37.8 Å². The first-order chi connectivity index (χ1) is 36.9. The second-order valence-electron chi connectivity index (χ2n) is 20.0. The molecule has 1 spiro atoms. The maximum Gasteiger partial charge on any atom is 0.407 e. The maximum atomic E-state index is 16.4. The number of ether oxygens (including phenoxy) is 2. The number of likely N-dealkylation sites (tertiary alicyclic amines) is 2. The molecule has 17 heteroatoms. The van der Waals surface area contributed by atoms with Gasteiger partial charge in [0.2, 0.25) is 18.7 Å². The highest BCUT2D eigenvalue weighted by Gasteiger charge is 2.42. The van der Waals surface area contributed by atoms with Gasteiger partial charge in [0.15, 0.2) is 0 Å². The first-order valence-electron chi connectivity index (χ1n) is 27.7. The molecule has 3 heterocycles. The molecule has 3 atom stereocenters. The van der Waals surface area contributed by atoms with Crippen molar-refractivity contribution in [2.45, 2.75) is 171 Å². The van der Waals surface area contributed by atoms with E-state index in [9.17, 15) is 24.0 Å². The number of aliphatic imine (C=N–C) groups is 1. The van der Waals surface area contributed by atoms with Crippen molar-refractivity contribution in [3.63, 3.8) is 0 Å². The first-order valence-corrected chi connectivity index (χ1v) is 27.7. The fraction of sp³-hybridized carbons (Fsp3) is 0.583. The molecule has 0 bridgehead atoms. The van der Waals surface area contributed by atoms with Gasteiger partial charge in [-0.25, -0.2) is 14.2 Å². The molecule has 77 heavy (non-hydrogen) atoms. The van der Waals surface area contributed by atoms with Crippen molar-refractivity contribution in [1.82, 2.24) is 30.7 Å². The molecule has 7 N–H and O–H groups in total. The molecule has 2 aliphatic carbocycles. The number of carbonyl (C=O) groups is 5. The number of halogens is 1. The van der Waals surface area contributed by atoms with Crippen molar-refractivity contribution in [1.29, 1.82) is 0 Å². The van der Waals surface area contributed by atoms with E-state index in [4.69, 9.17) is 16.5 Å². The molecule has 3 fully saturated rings. The van der Waals surface area contributed by atoms with Crippen LogP contribution in [0.4, 0.5) is 14.9 Å². The van der Waals surface area contributed by atoms with Gasteiger partial charge in [0, 0.05) is 55.9 Å². The van der Waals surface area contributed by atoms with Crippen LogP contribution in [0.1, 0.15) is 155 Å². The zero-order chi connectivity index (χ0) is 58.1. The number of aldehydes is 1. The van der Waals surface area contributed by atoms with E-state index in [-0.39, 0.29) is 29.6 Å². The Morgan fingerprint density at radius 1 is 0.909 bits per heavy atom. The number of nitrogens with one attached hydrogen (secondary N) is 3. The molecule has 1 unspecified atom stereocenters. The number of piperidine rings is 1. The highest BCUT2D eigenvalue weighted by Crippen LogP contribution is 2.53. The van der Waals surface area contributed by atoms with Gasteiger partial charge in [0.25, 0.3) is 0 Å². The number of amides is 4. The van der Waals surface area contributed by atoms with Crippen LogP contribution in [0.5, 0.6) is 0 Å². The number of pyridine rings is 1. The molecule has 7 rings (SSSR count). The summed E-state index contributed by atoms with van der Waals surface area (Å²) in [5.74, 6) is -0.104. The molecule has 430 valence electrons. The quantitative estimate of drug-likeness (QED) is 0.0652. The minimum absolute atomic E-state index is 0.0894. The van der Waals surface area contributed by atoms with Gasteiger partial charge < -0.3 is 51.5 Å². The van der Waals surface area contributed by atoms with Crippen LogP contribution in [0.15, 0.2) is 53.8 Å². The van der Waals surface area contributed by atoms with Gasteiger partial charge in [-0.15, -0.1) is 0 Å². The lowest BCUT2D eigenvalue weighted by Crippen LogP contribution is -2.48. The third-order valence-corrected chi connectivity index (χ3v) is 13.4. The van der Waals surface area contributed by atoms with Crippen LogP contribution in [-0.2, 0) is 41.5 Å². The first kappa shape index (κ1) is 68.8. The Morgan fingerprint density at radius 2 is 1.55 bits per heavy atom. The molecule has 16 nitrogen and oxygen atoms in total. The fourth-order valence-corrected chi connectivity index (χ4v) is 9.50. The van der Waals surface area contributed by atoms with Crippen LogP contribution >= 0.6 is 0 Å². The predicted octanol–water partition coefficient (Wildman–Crippen LogP) is 10.4. The Kier molecular flexibility index (Phi) is 33.6. The summed E-state index contributed by atoms with van der Waals surface area (Å²) in [6, 6.07) is 11.0. The number of methoxy groups -OCH3 is 2. The molecule has 2 aliphatic heterocycles. The topological polar surface area (TPSA) is 224 Å². The summed E-state index contributed by atoms with van der Waals surface area (Å²) >= 11 is 0. The van der Waals surface area contributed by atoms with Crippen LogP contribution < -0.4 is 27.4 Å². The predicted molar refractivity (Wildman–Crippen MR) is 312 cm³/mol. The minimum Gasteiger partial charge on any atom is -0.453 e. The number of aromatic nitrogens is 1. The molecule has 4 amide bonds. The number of aryl methyl sites for hydroxylation is 1. The van der Waals surface area contributed by atoms with E-state index in [0.29, 0.717) is 66.1 Å². The Morgan fingerprint density at radius 3 is 2.04 bits per heavy atom. The van der Waals surface area contributed by atoms with E-state index in [2.05, 4.69) is 77.0 Å². The monoisotopic (exact) mass is 1070 g/mol. The number of hydrogen-bond acceptors (Lipinski definition) is 12. The van der Waals surface area contributed by atoms with Crippen LogP contribution in [0, 0.1) is 24.1 Å². The van der Waals surface area contributed by atoms with Crippen molar-refractivity contribution in [3.05, 3.63) is 76.9 Å². The molecular weight excluding hydrogens is 978 g/mol. The lowest BCUT2D eigenvalue weighted by atomic mass is 9.82. The number of fused-ring (bicyclic) bond motifs is 1. The second-order valence-corrected chi connectivity index (χ2v) is 20.0. The smallest absolute Gasteiger partial charge is 0.407 e. The maximum absolute atomic E-state index is 16.4. The Bertz CT molecular complexity index is 2290. The van der Waals surface area contributed by atoms with Gasteiger partial charge in [0.05, 0.1) is 42.8 Å². The molecule has 2 saturated heterocycles. The summed E-state index contributed by atoms with van der Waals surface area (Å²) in [6.07, 6.45) is 18.6. The average Bonchev–Trinajstić information content (AvgIpc) is 4.20. The minimum atomic E-state index is -0.573. The van der Waals surface area contributed by atoms with Gasteiger partial charge in [-0.1, -0.05) is 93.6 Å². The number of nitrogens with zero attached hydrogens (tertiary/aromatic N) is 4. The fourth-order valence-electron chi connectivity index (χ4n) is 9.50. The Balaban J connectivity index is 0.000000807. The summed E-state index contributed by atoms with van der Waals surface area (Å²) in [4.78, 5) is 69.4. The number of benzene rings is 2. The van der Waals surface area contributed by atoms with Gasteiger partial charge in [-0.2, -0.15) is 0 Å². The Labute approximate surface area is 461 Å². The molecule has 4 aliphatic rings. The van der Waals surface area contributed by atoms with E-state index in [1.807, 2.05) is 65.0 Å². The lowest BCUT2D eigenvalue weighted by Gasteiger charge is -2.29. The number of amidine groups is 1. The molecule has 0 radical (unpaired) electrons. The van der Waals surface area contributed by atoms with E-state index >= 15 is 4.39 Å². The van der Waals surface area contributed by atoms with Crippen LogP contribution in [-0.4, -0.2) is 118 Å². The number of nitrogens with two attached hydrogens (primary N) is 2. The van der Waals surface area contributed by atoms with Crippen molar-refractivity contribution in [2.75, 3.05) is 48.0 Å².